The Balaban J connectivity index is 3.51. The molecule has 63 valence electrons. The van der Waals surface area contributed by atoms with Gasteiger partial charge in [-0.15, -0.1) is 0 Å². The van der Waals surface area contributed by atoms with Crippen molar-refractivity contribution in [2.24, 2.45) is 0 Å². The zero-order valence-electron chi connectivity index (χ0n) is 5.73. The van der Waals surface area contributed by atoms with E-state index in [0.717, 1.165) is 0 Å². The molecule has 5 nitrogen and oxygen atoms in total. The van der Waals surface area contributed by atoms with E-state index in [4.69, 9.17) is 3.17 Å². The molecule has 0 aliphatic rings. The van der Waals surface area contributed by atoms with Gasteiger partial charge in [0.2, 0.25) is 0 Å². The van der Waals surface area contributed by atoms with Crippen LogP contribution in [-0.2, 0) is 8.00 Å². The molecule has 1 unspecified atom stereocenters. The van der Waals surface area contributed by atoms with Crippen molar-refractivity contribution < 1.29 is 33.8 Å². The third kappa shape index (κ3) is 5.88. The van der Waals surface area contributed by atoms with E-state index in [9.17, 15) is 0 Å². The zero-order chi connectivity index (χ0) is 8.04. The van der Waals surface area contributed by atoms with Crippen molar-refractivity contribution in [3.05, 3.63) is 0 Å². The van der Waals surface area contributed by atoms with Crippen LogP contribution in [0.25, 0.3) is 0 Å². The van der Waals surface area contributed by atoms with Gasteiger partial charge in [0.05, 0.1) is 35.3 Å². The van der Waals surface area contributed by atoms with E-state index in [1.807, 2.05) is 7.05 Å². The third-order valence-electron chi connectivity index (χ3n) is 0.523. The molecule has 0 aromatic heterocycles. The van der Waals surface area contributed by atoms with Crippen molar-refractivity contribution >= 4 is 25.7 Å². The fourth-order valence-corrected chi connectivity index (χ4v) is 1.48. The number of nitrogens with zero attached hydrogens (tertiary/aromatic N) is 1. The molecule has 1 radical (unpaired) electrons. The molecule has 0 saturated heterocycles. The lowest BCUT2D eigenvalue weighted by molar-refractivity contribution is -1.36. The summed E-state index contributed by atoms with van der Waals surface area (Å²) in [5.74, 6) is 0. The minimum atomic E-state index is -0.447. The molecule has 0 heterocycles. The largest absolute Gasteiger partial charge is 0.417 e. The summed E-state index contributed by atoms with van der Waals surface area (Å²) in [4.78, 5) is 4.67. The van der Waals surface area contributed by atoms with Gasteiger partial charge in [-0.1, -0.05) is 0 Å². The summed E-state index contributed by atoms with van der Waals surface area (Å²) in [6.45, 7) is 0. The van der Waals surface area contributed by atoms with Gasteiger partial charge < -0.3 is 22.9 Å². The highest BCUT2D eigenvalue weighted by Crippen LogP contribution is 1.88. The fourth-order valence-electron chi connectivity index (χ4n) is 0.279. The summed E-state index contributed by atoms with van der Waals surface area (Å²) in [5, 5.41) is 0. The standard InChI is InChI=1S/C3H10I2N3O2/c1-5-10-7-8(2,4)6-9-3/h6-7H,1H2,2-3H3. The van der Waals surface area contributed by atoms with E-state index in [0.29, 0.717) is 0 Å². The fraction of sp³-hybridized carbons (Fsp3) is 0.667. The van der Waals surface area contributed by atoms with Crippen molar-refractivity contribution in [3.8, 4) is 0 Å². The molecule has 0 aromatic carbocycles. The first-order valence-electron chi connectivity index (χ1n) is 2.30. The van der Waals surface area contributed by atoms with Crippen LogP contribution in [-0.4, -0.2) is 21.6 Å². The molecule has 0 amide bonds. The second kappa shape index (κ2) is 5.74. The van der Waals surface area contributed by atoms with Crippen molar-refractivity contribution in [2.75, 3.05) is 14.2 Å². The first-order valence-corrected chi connectivity index (χ1v) is 5.67. The lowest BCUT2D eigenvalue weighted by Gasteiger charge is -2.34. The molecule has 0 fully saturated rings. The maximum atomic E-state index is 4.92. The first-order chi connectivity index (χ1) is 4.62. The van der Waals surface area contributed by atoms with Crippen LogP contribution in [0.1, 0.15) is 0 Å². The zero-order valence-corrected chi connectivity index (χ0v) is 10.0. The number of rotatable bonds is 5. The van der Waals surface area contributed by atoms with Crippen molar-refractivity contribution in [2.45, 2.75) is 0 Å². The van der Waals surface area contributed by atoms with Crippen LogP contribution in [0.3, 0.4) is 0 Å². The second-order valence-electron chi connectivity index (χ2n) is 1.47. The molecule has 0 aromatic rings. The molecule has 2 N–H and O–H groups in total. The van der Waals surface area contributed by atoms with Gasteiger partial charge in [-0.2, -0.15) is 3.17 Å². The van der Waals surface area contributed by atoms with Gasteiger partial charge in [0.25, 0.3) is 0 Å². The van der Waals surface area contributed by atoms with Crippen molar-refractivity contribution in [1.29, 1.82) is 0 Å². The summed E-state index contributed by atoms with van der Waals surface area (Å²) in [6, 6.07) is 0. The van der Waals surface area contributed by atoms with Crippen LogP contribution < -0.4 is 34.0 Å². The molecule has 0 rings (SSSR count). The van der Waals surface area contributed by atoms with Crippen molar-refractivity contribution in [3.63, 3.8) is 0 Å². The predicted molar refractivity (Wildman–Crippen MR) is 41.7 cm³/mol. The average molecular weight is 374 g/mol. The number of halogens is 2. The number of hydrogen-bond acceptors (Lipinski definition) is 4. The Morgan fingerprint density at radius 2 is 2.20 bits per heavy atom. The highest BCUT2D eigenvalue weighted by Gasteiger charge is 2.03. The summed E-state index contributed by atoms with van der Waals surface area (Å²) >= 11 is 1.61. The van der Waals surface area contributed by atoms with Gasteiger partial charge in [-0.05, 0) is 15.7 Å². The highest BCUT2D eigenvalue weighted by atomic mass is 127. The number of nitrogens with one attached hydrogen (secondary N) is 2. The predicted octanol–water partition coefficient (Wildman–Crippen LogP) is -3.28. The van der Waals surface area contributed by atoms with Gasteiger partial charge in [-0.3, -0.25) is 4.84 Å². The Morgan fingerprint density at radius 1 is 1.60 bits per heavy atom. The van der Waals surface area contributed by atoms with Crippen LogP contribution in [0.4, 0.5) is 0 Å². The van der Waals surface area contributed by atoms with Gasteiger partial charge in [0, 0.05) is 0 Å². The second-order valence-corrected chi connectivity index (χ2v) is 4.46. The molecule has 0 bridgehead atoms. The maximum Gasteiger partial charge on any atom is 0.0867 e. The highest BCUT2D eigenvalue weighted by molar-refractivity contribution is 14.2. The molecule has 7 heteroatoms. The van der Waals surface area contributed by atoms with Gasteiger partial charge >= 0.3 is 0 Å². The molecule has 0 spiro atoms. The molecular formula is C3H10I2N3O2. The summed E-state index contributed by atoms with van der Waals surface area (Å²) in [5.41, 5.74) is 5.32. The van der Waals surface area contributed by atoms with Crippen LogP contribution >= 0.6 is 21.1 Å². The number of hydrogen-bond donors (Lipinski definition) is 2. The monoisotopic (exact) mass is 374 g/mol. The molecule has 10 heavy (non-hydrogen) atoms. The summed E-state index contributed by atoms with van der Waals surface area (Å²) in [7, 11) is 3.36. The van der Waals surface area contributed by atoms with E-state index in [2.05, 4.69) is 43.4 Å². The average Bonchev–Trinajstić information content (AvgIpc) is 1.84. The van der Waals surface area contributed by atoms with Gasteiger partial charge in [0.15, 0.2) is 0 Å². The van der Waals surface area contributed by atoms with Crippen LogP contribution in [0.15, 0.2) is 0 Å². The van der Waals surface area contributed by atoms with E-state index in [1.54, 1.807) is 0 Å². The number of quaternary nitrogens is 1. The molecule has 1 atom stereocenters. The quantitative estimate of drug-likeness (QED) is 0.301. The van der Waals surface area contributed by atoms with Crippen LogP contribution in [0, 0.1) is 0 Å². The Morgan fingerprint density at radius 3 is 2.60 bits per heavy atom. The van der Waals surface area contributed by atoms with E-state index in [1.165, 1.54) is 7.11 Å². The summed E-state index contributed by atoms with van der Waals surface area (Å²) < 4.78 is 8.73. The van der Waals surface area contributed by atoms with E-state index in [-0.39, 0.29) is 2.91 Å². The first kappa shape index (κ1) is 11.1. The molecule has 0 aliphatic carbocycles. The minimum absolute atomic E-state index is 0.212. The van der Waals surface area contributed by atoms with E-state index < -0.39 is 21.1 Å². The topological polar surface area (TPSA) is 42.5 Å². The molecular weight excluding hydrogens is 364 g/mol. The Kier molecular flexibility index (Phi) is 6.39. The normalized spacial score (nSPS) is 16.7. The minimum Gasteiger partial charge on any atom is -0.417 e. The Labute approximate surface area is 84.3 Å². The summed E-state index contributed by atoms with van der Waals surface area (Å²) in [6.07, 6.45) is 0. The van der Waals surface area contributed by atoms with Crippen LogP contribution in [0.5, 0.6) is 0 Å². The molecule has 0 saturated carbocycles. The van der Waals surface area contributed by atoms with E-state index >= 15 is 0 Å². The van der Waals surface area contributed by atoms with Gasteiger partial charge in [-0.25, -0.2) is 2.91 Å². The Bertz CT molecular complexity index is 110. The lowest BCUT2D eigenvalue weighted by Crippen LogP contribution is -3.49. The van der Waals surface area contributed by atoms with Crippen molar-refractivity contribution in [1.82, 2.24) is 11.2 Å². The maximum absolute atomic E-state index is 4.92. The SMILES string of the molecule is C=ION[N+](C)([I-])NOC. The smallest absolute Gasteiger partial charge is 0.0867 e. The molecule has 0 aliphatic heterocycles. The third-order valence-corrected chi connectivity index (χ3v) is 1.43. The Hall–Kier alpha value is 1.13. The lowest BCUT2D eigenvalue weighted by atomic mass is 11.4. The van der Waals surface area contributed by atoms with Gasteiger partial charge in [0.1, 0.15) is 0 Å². The van der Waals surface area contributed by atoms with Crippen LogP contribution in [0.2, 0.25) is 0 Å².